The van der Waals surface area contributed by atoms with Crippen LogP contribution in [0.25, 0.3) is 0 Å². The molecule has 0 bridgehead atoms. The summed E-state index contributed by atoms with van der Waals surface area (Å²) in [5.41, 5.74) is 0.819. The van der Waals surface area contributed by atoms with Gasteiger partial charge in [-0.1, -0.05) is 24.2 Å². The summed E-state index contributed by atoms with van der Waals surface area (Å²) in [6, 6.07) is 7.41. The number of methoxy groups -OCH3 is 1. The summed E-state index contributed by atoms with van der Waals surface area (Å²) < 4.78 is 10.7. The molecule has 1 aromatic heterocycles. The van der Waals surface area contributed by atoms with Crippen molar-refractivity contribution in [3.8, 4) is 5.75 Å². The van der Waals surface area contributed by atoms with E-state index in [1.807, 2.05) is 48.0 Å². The van der Waals surface area contributed by atoms with E-state index >= 15 is 0 Å². The first-order valence-electron chi connectivity index (χ1n) is 8.60. The fourth-order valence-corrected chi connectivity index (χ4v) is 3.18. The second kappa shape index (κ2) is 7.65. The summed E-state index contributed by atoms with van der Waals surface area (Å²) in [5, 5.41) is 3.91. The summed E-state index contributed by atoms with van der Waals surface area (Å²) >= 11 is 0. The Bertz CT molecular complexity index is 731. The molecular weight excluding hydrogens is 320 g/mol. The Morgan fingerprint density at radius 3 is 2.92 bits per heavy atom. The molecule has 2 heterocycles. The first kappa shape index (κ1) is 17.4. The molecule has 7 heteroatoms. The van der Waals surface area contributed by atoms with Crippen molar-refractivity contribution in [3.05, 3.63) is 36.0 Å². The van der Waals surface area contributed by atoms with Crippen molar-refractivity contribution in [2.24, 2.45) is 0 Å². The number of amides is 1. The molecule has 25 heavy (non-hydrogen) atoms. The quantitative estimate of drug-likeness (QED) is 0.800. The third kappa shape index (κ3) is 3.66. The van der Waals surface area contributed by atoms with Gasteiger partial charge in [0.2, 0.25) is 11.8 Å². The van der Waals surface area contributed by atoms with E-state index in [-0.39, 0.29) is 11.9 Å². The number of anilines is 1. The van der Waals surface area contributed by atoms with Crippen LogP contribution in [0.4, 0.5) is 5.69 Å². The number of aryl methyl sites for hydroxylation is 1. The molecule has 1 amide bonds. The number of para-hydroxylation sites is 2. The van der Waals surface area contributed by atoms with Crippen LogP contribution in [0.5, 0.6) is 5.75 Å². The number of carbonyl (C=O) groups is 1. The molecule has 1 aliphatic rings. The molecule has 134 valence electrons. The van der Waals surface area contributed by atoms with Crippen molar-refractivity contribution in [1.29, 1.82) is 0 Å². The maximum absolute atomic E-state index is 13.0. The first-order chi connectivity index (χ1) is 12.1. The van der Waals surface area contributed by atoms with Gasteiger partial charge in [0, 0.05) is 13.0 Å². The highest BCUT2D eigenvalue weighted by Gasteiger charge is 2.34. The summed E-state index contributed by atoms with van der Waals surface area (Å²) in [6.45, 7) is 3.14. The maximum Gasteiger partial charge on any atom is 0.244 e. The molecule has 1 saturated heterocycles. The Hall–Kier alpha value is -2.41. The first-order valence-corrected chi connectivity index (χ1v) is 8.60. The molecular formula is C18H24N4O3. The monoisotopic (exact) mass is 344 g/mol. The number of aromatic nitrogens is 2. The fraction of sp³-hybridized carbons (Fsp3) is 0.500. The molecule has 2 aromatic rings. The molecule has 1 atom stereocenters. The zero-order valence-corrected chi connectivity index (χ0v) is 14.9. The lowest BCUT2D eigenvalue weighted by molar-refractivity contribution is -0.125. The number of ether oxygens (including phenoxy) is 1. The Balaban J connectivity index is 1.75. The van der Waals surface area contributed by atoms with Crippen LogP contribution < -0.4 is 9.64 Å². The zero-order valence-electron chi connectivity index (χ0n) is 14.9. The summed E-state index contributed by atoms with van der Waals surface area (Å²) in [4.78, 5) is 21.2. The normalized spacial score (nSPS) is 18.0. The molecule has 1 aliphatic heterocycles. The van der Waals surface area contributed by atoms with Gasteiger partial charge in [-0.25, -0.2) is 0 Å². The molecule has 0 radical (unpaired) electrons. The molecule has 0 saturated carbocycles. The molecule has 1 aromatic carbocycles. The zero-order chi connectivity index (χ0) is 17.8. The van der Waals surface area contributed by atoms with Crippen molar-refractivity contribution in [1.82, 2.24) is 15.0 Å². The summed E-state index contributed by atoms with van der Waals surface area (Å²) in [5.74, 6) is 2.02. The van der Waals surface area contributed by atoms with Crippen molar-refractivity contribution in [2.75, 3.05) is 25.6 Å². The predicted octanol–water partition coefficient (Wildman–Crippen LogP) is 2.27. The molecule has 0 aliphatic carbocycles. The summed E-state index contributed by atoms with van der Waals surface area (Å²) in [7, 11) is 3.54. The van der Waals surface area contributed by atoms with E-state index in [0.29, 0.717) is 30.6 Å². The van der Waals surface area contributed by atoms with Crippen LogP contribution in [0.2, 0.25) is 0 Å². The van der Waals surface area contributed by atoms with Gasteiger partial charge >= 0.3 is 0 Å². The van der Waals surface area contributed by atoms with Crippen LogP contribution in [0.1, 0.15) is 31.5 Å². The van der Waals surface area contributed by atoms with E-state index in [1.54, 1.807) is 7.11 Å². The minimum Gasteiger partial charge on any atom is -0.495 e. The van der Waals surface area contributed by atoms with Gasteiger partial charge in [-0.15, -0.1) is 0 Å². The van der Waals surface area contributed by atoms with Crippen LogP contribution in [-0.4, -0.2) is 47.7 Å². The molecule has 1 fully saturated rings. The number of nitrogens with zero attached hydrogens (tertiary/aromatic N) is 4. The van der Waals surface area contributed by atoms with Gasteiger partial charge in [0.05, 0.1) is 25.4 Å². The number of likely N-dealkylation sites (N-methyl/N-ethyl adjacent to an activating group) is 1. The molecule has 0 spiro atoms. The Kier molecular flexibility index (Phi) is 5.33. The Morgan fingerprint density at radius 2 is 2.20 bits per heavy atom. The Morgan fingerprint density at radius 1 is 1.40 bits per heavy atom. The van der Waals surface area contributed by atoms with Crippen molar-refractivity contribution >= 4 is 11.6 Å². The van der Waals surface area contributed by atoms with E-state index in [0.717, 1.165) is 24.9 Å². The maximum atomic E-state index is 13.0. The van der Waals surface area contributed by atoms with Gasteiger partial charge in [0.15, 0.2) is 5.82 Å². The summed E-state index contributed by atoms with van der Waals surface area (Å²) in [6.07, 6.45) is 2.48. The van der Waals surface area contributed by atoms with Crippen LogP contribution in [-0.2, 0) is 17.8 Å². The number of benzene rings is 1. The smallest absolute Gasteiger partial charge is 0.244 e. The average Bonchev–Trinajstić information content (AvgIpc) is 3.09. The largest absolute Gasteiger partial charge is 0.495 e. The van der Waals surface area contributed by atoms with Gasteiger partial charge in [0.25, 0.3) is 0 Å². The number of carbonyl (C=O) groups excluding carboxylic acids is 1. The molecule has 3 rings (SSSR count). The number of rotatable bonds is 6. The predicted molar refractivity (Wildman–Crippen MR) is 93.5 cm³/mol. The number of piperidine rings is 1. The van der Waals surface area contributed by atoms with Gasteiger partial charge in [-0.3, -0.25) is 9.69 Å². The highest BCUT2D eigenvalue weighted by Crippen LogP contribution is 2.31. The average molecular weight is 344 g/mol. The lowest BCUT2D eigenvalue weighted by Gasteiger charge is -2.36. The van der Waals surface area contributed by atoms with Crippen LogP contribution in [0, 0.1) is 0 Å². The molecule has 7 nitrogen and oxygen atoms in total. The SMILES string of the molecule is CCc1noc(CN(C)C2CCCN(c3ccccc3OC)C2=O)n1. The van der Waals surface area contributed by atoms with Crippen molar-refractivity contribution in [2.45, 2.75) is 38.8 Å². The second-order valence-electron chi connectivity index (χ2n) is 6.19. The third-order valence-electron chi connectivity index (χ3n) is 4.53. The van der Waals surface area contributed by atoms with Crippen LogP contribution >= 0.6 is 0 Å². The van der Waals surface area contributed by atoms with Crippen molar-refractivity contribution in [3.63, 3.8) is 0 Å². The number of hydrogen-bond acceptors (Lipinski definition) is 6. The van der Waals surface area contributed by atoms with Gasteiger partial charge in [-0.2, -0.15) is 4.98 Å². The highest BCUT2D eigenvalue weighted by atomic mass is 16.5. The number of hydrogen-bond donors (Lipinski definition) is 0. The van der Waals surface area contributed by atoms with Crippen LogP contribution in [0.3, 0.4) is 0 Å². The van der Waals surface area contributed by atoms with E-state index < -0.39 is 0 Å². The molecule has 0 N–H and O–H groups in total. The van der Waals surface area contributed by atoms with E-state index in [4.69, 9.17) is 9.26 Å². The highest BCUT2D eigenvalue weighted by molar-refractivity contribution is 5.99. The van der Waals surface area contributed by atoms with E-state index in [9.17, 15) is 4.79 Å². The lowest BCUT2D eigenvalue weighted by atomic mass is 10.0. The minimum atomic E-state index is -0.212. The van der Waals surface area contributed by atoms with Gasteiger partial charge in [-0.05, 0) is 32.0 Å². The lowest BCUT2D eigenvalue weighted by Crippen LogP contribution is -2.51. The Labute approximate surface area is 147 Å². The van der Waals surface area contributed by atoms with E-state index in [1.165, 1.54) is 0 Å². The van der Waals surface area contributed by atoms with E-state index in [2.05, 4.69) is 10.1 Å². The van der Waals surface area contributed by atoms with Crippen molar-refractivity contribution < 1.29 is 14.1 Å². The standard InChI is InChI=1S/C18H24N4O3/c1-4-16-19-17(25-20-16)12-21(2)14-9-7-11-22(18(14)23)13-8-5-6-10-15(13)24-3/h5-6,8,10,14H,4,7,9,11-12H2,1-3H3. The second-order valence-corrected chi connectivity index (χ2v) is 6.19. The molecule has 1 unspecified atom stereocenters. The topological polar surface area (TPSA) is 71.7 Å². The minimum absolute atomic E-state index is 0.0773. The third-order valence-corrected chi connectivity index (χ3v) is 4.53. The van der Waals surface area contributed by atoms with Crippen LogP contribution in [0.15, 0.2) is 28.8 Å². The van der Waals surface area contributed by atoms with Gasteiger partial charge < -0.3 is 14.2 Å². The van der Waals surface area contributed by atoms with Gasteiger partial charge in [0.1, 0.15) is 5.75 Å². The fourth-order valence-electron chi connectivity index (χ4n) is 3.18.